The van der Waals surface area contributed by atoms with Crippen molar-refractivity contribution in [2.75, 3.05) is 23.4 Å². The normalized spacial score (nSPS) is 23.8. The third kappa shape index (κ3) is 2.97. The minimum Gasteiger partial charge on any atom is -0.356 e. The smallest absolute Gasteiger partial charge is 0.148 e. The summed E-state index contributed by atoms with van der Waals surface area (Å²) in [5, 5.41) is 0. The van der Waals surface area contributed by atoms with Gasteiger partial charge in [-0.2, -0.15) is 0 Å². The van der Waals surface area contributed by atoms with Gasteiger partial charge in [0.05, 0.1) is 0 Å². The number of rotatable bonds is 3. The van der Waals surface area contributed by atoms with Crippen LogP contribution in [0.1, 0.15) is 45.6 Å². The van der Waals surface area contributed by atoms with Crippen molar-refractivity contribution < 1.29 is 0 Å². The van der Waals surface area contributed by atoms with E-state index in [4.69, 9.17) is 5.84 Å². The molecule has 3 N–H and O–H groups in total. The topological polar surface area (TPSA) is 67.1 Å². The molecule has 2 heterocycles. The van der Waals surface area contributed by atoms with Crippen LogP contribution in [0.25, 0.3) is 0 Å². The summed E-state index contributed by atoms with van der Waals surface area (Å²) in [6.45, 7) is 11.0. The van der Waals surface area contributed by atoms with Gasteiger partial charge in [-0.25, -0.2) is 15.8 Å². The van der Waals surface area contributed by atoms with Crippen LogP contribution in [0.5, 0.6) is 0 Å². The van der Waals surface area contributed by atoms with E-state index in [2.05, 4.69) is 48.0 Å². The first kappa shape index (κ1) is 14.1. The van der Waals surface area contributed by atoms with E-state index in [-0.39, 0.29) is 0 Å². The van der Waals surface area contributed by atoms with Crippen molar-refractivity contribution >= 4 is 11.6 Å². The van der Waals surface area contributed by atoms with E-state index in [1.807, 2.05) is 0 Å². The van der Waals surface area contributed by atoms with Crippen molar-refractivity contribution in [2.45, 2.75) is 40.0 Å². The van der Waals surface area contributed by atoms with Crippen LogP contribution >= 0.6 is 0 Å². The average Bonchev–Trinajstić information content (AvgIpc) is 2.36. The summed E-state index contributed by atoms with van der Waals surface area (Å²) < 4.78 is 0. The maximum absolute atomic E-state index is 5.58. The summed E-state index contributed by atoms with van der Waals surface area (Å²) in [7, 11) is 0. The van der Waals surface area contributed by atoms with Gasteiger partial charge < -0.3 is 10.3 Å². The molecular formula is C14H25N5. The van der Waals surface area contributed by atoms with Gasteiger partial charge in [-0.15, -0.1) is 0 Å². The predicted molar refractivity (Wildman–Crippen MR) is 79.1 cm³/mol. The van der Waals surface area contributed by atoms with Crippen LogP contribution in [0.15, 0.2) is 6.33 Å². The monoisotopic (exact) mass is 263 g/mol. The first-order valence-corrected chi connectivity index (χ1v) is 7.09. The van der Waals surface area contributed by atoms with Crippen molar-refractivity contribution in [1.82, 2.24) is 9.97 Å². The van der Waals surface area contributed by atoms with Gasteiger partial charge in [0.1, 0.15) is 18.0 Å². The van der Waals surface area contributed by atoms with E-state index in [1.165, 1.54) is 6.42 Å². The molecule has 19 heavy (non-hydrogen) atoms. The fourth-order valence-electron chi connectivity index (χ4n) is 3.12. The Bertz CT molecular complexity index is 422. The Morgan fingerprint density at radius 2 is 1.89 bits per heavy atom. The molecule has 2 rings (SSSR count). The van der Waals surface area contributed by atoms with E-state index in [1.54, 1.807) is 6.33 Å². The molecule has 1 saturated heterocycles. The number of nitrogen functional groups attached to an aromatic ring is 1. The van der Waals surface area contributed by atoms with E-state index in [0.717, 1.165) is 30.3 Å². The van der Waals surface area contributed by atoms with Crippen molar-refractivity contribution in [3.8, 4) is 0 Å². The molecule has 1 aliphatic rings. The molecule has 5 heteroatoms. The molecule has 2 unspecified atom stereocenters. The fraction of sp³-hybridized carbons (Fsp3) is 0.714. The van der Waals surface area contributed by atoms with Gasteiger partial charge in [-0.3, -0.25) is 0 Å². The predicted octanol–water partition coefficient (Wildman–Crippen LogP) is 2.37. The van der Waals surface area contributed by atoms with Gasteiger partial charge in [0.2, 0.25) is 0 Å². The fourth-order valence-corrected chi connectivity index (χ4v) is 3.12. The quantitative estimate of drug-likeness (QED) is 0.647. The molecule has 0 aromatic carbocycles. The van der Waals surface area contributed by atoms with Crippen LogP contribution in [-0.2, 0) is 0 Å². The zero-order valence-electron chi connectivity index (χ0n) is 12.3. The number of hydrazine groups is 1. The molecule has 1 aliphatic heterocycles. The second-order valence-electron chi connectivity index (χ2n) is 6.11. The molecular weight excluding hydrogens is 238 g/mol. The molecule has 2 atom stereocenters. The standard InChI is InChI=1S/C14H25N5/c1-9(2)12-13(18-15)16-8-17-14(12)19-6-10(3)5-11(4)7-19/h8-11H,5-7,15H2,1-4H3,(H,16,17,18). The highest BCUT2D eigenvalue weighted by Gasteiger charge is 2.26. The molecule has 0 amide bonds. The Hall–Kier alpha value is -1.36. The molecule has 0 radical (unpaired) electrons. The Balaban J connectivity index is 2.38. The summed E-state index contributed by atoms with van der Waals surface area (Å²) >= 11 is 0. The van der Waals surface area contributed by atoms with E-state index in [9.17, 15) is 0 Å². The number of hydrogen-bond donors (Lipinski definition) is 2. The molecule has 1 aromatic rings. The van der Waals surface area contributed by atoms with E-state index >= 15 is 0 Å². The lowest BCUT2D eigenvalue weighted by atomic mass is 9.91. The maximum Gasteiger partial charge on any atom is 0.148 e. The second-order valence-corrected chi connectivity index (χ2v) is 6.11. The highest BCUT2D eigenvalue weighted by molar-refractivity contribution is 5.60. The lowest BCUT2D eigenvalue weighted by Crippen LogP contribution is -2.40. The van der Waals surface area contributed by atoms with E-state index in [0.29, 0.717) is 17.8 Å². The minimum absolute atomic E-state index is 0.342. The van der Waals surface area contributed by atoms with Gasteiger partial charge in [0.25, 0.3) is 0 Å². The lowest BCUT2D eigenvalue weighted by molar-refractivity contribution is 0.354. The maximum atomic E-state index is 5.58. The highest BCUT2D eigenvalue weighted by atomic mass is 15.3. The van der Waals surface area contributed by atoms with Gasteiger partial charge in [0.15, 0.2) is 0 Å². The molecule has 5 nitrogen and oxygen atoms in total. The molecule has 0 saturated carbocycles. The van der Waals surface area contributed by atoms with Gasteiger partial charge >= 0.3 is 0 Å². The Kier molecular flexibility index (Phi) is 4.24. The van der Waals surface area contributed by atoms with Gasteiger partial charge in [0, 0.05) is 18.7 Å². The Morgan fingerprint density at radius 3 is 2.42 bits per heavy atom. The lowest BCUT2D eigenvalue weighted by Gasteiger charge is -2.37. The third-order valence-corrected chi connectivity index (χ3v) is 3.75. The van der Waals surface area contributed by atoms with Crippen molar-refractivity contribution in [2.24, 2.45) is 17.7 Å². The summed E-state index contributed by atoms with van der Waals surface area (Å²) in [6.07, 6.45) is 2.89. The molecule has 1 aromatic heterocycles. The first-order valence-electron chi connectivity index (χ1n) is 7.09. The van der Waals surface area contributed by atoms with Crippen LogP contribution in [-0.4, -0.2) is 23.1 Å². The summed E-state index contributed by atoms with van der Waals surface area (Å²) in [6, 6.07) is 0. The van der Waals surface area contributed by atoms with Crippen LogP contribution in [0.3, 0.4) is 0 Å². The molecule has 106 valence electrons. The van der Waals surface area contributed by atoms with Gasteiger partial charge in [-0.05, 0) is 24.2 Å². The molecule has 0 aliphatic carbocycles. The number of nitrogens with two attached hydrogens (primary N) is 1. The third-order valence-electron chi connectivity index (χ3n) is 3.75. The number of nitrogens with zero attached hydrogens (tertiary/aromatic N) is 3. The Morgan fingerprint density at radius 1 is 1.26 bits per heavy atom. The number of aromatic nitrogens is 2. The number of hydrogen-bond acceptors (Lipinski definition) is 5. The number of nitrogens with one attached hydrogen (secondary N) is 1. The van der Waals surface area contributed by atoms with Gasteiger partial charge in [-0.1, -0.05) is 27.7 Å². The van der Waals surface area contributed by atoms with Crippen molar-refractivity contribution in [1.29, 1.82) is 0 Å². The first-order chi connectivity index (χ1) is 9.02. The van der Waals surface area contributed by atoms with Crippen LogP contribution in [0.2, 0.25) is 0 Å². The molecule has 1 fully saturated rings. The van der Waals surface area contributed by atoms with E-state index < -0.39 is 0 Å². The molecule has 0 spiro atoms. The summed E-state index contributed by atoms with van der Waals surface area (Å²) in [4.78, 5) is 11.1. The van der Waals surface area contributed by atoms with Crippen molar-refractivity contribution in [3.63, 3.8) is 0 Å². The largest absolute Gasteiger partial charge is 0.356 e. The summed E-state index contributed by atoms with van der Waals surface area (Å²) in [5.41, 5.74) is 3.82. The Labute approximate surface area is 115 Å². The number of anilines is 2. The SMILES string of the molecule is CC1CC(C)CN(c2ncnc(NN)c2C(C)C)C1. The summed E-state index contributed by atoms with van der Waals surface area (Å²) in [5.74, 6) is 9.11. The number of piperidine rings is 1. The zero-order chi connectivity index (χ0) is 14.0. The van der Waals surface area contributed by atoms with Crippen LogP contribution in [0, 0.1) is 11.8 Å². The zero-order valence-corrected chi connectivity index (χ0v) is 12.3. The van der Waals surface area contributed by atoms with Crippen LogP contribution in [0.4, 0.5) is 11.6 Å². The van der Waals surface area contributed by atoms with Crippen molar-refractivity contribution in [3.05, 3.63) is 11.9 Å². The minimum atomic E-state index is 0.342. The highest BCUT2D eigenvalue weighted by Crippen LogP contribution is 2.33. The second kappa shape index (κ2) is 5.74. The average molecular weight is 263 g/mol. The van der Waals surface area contributed by atoms with Crippen LogP contribution < -0.4 is 16.2 Å². The molecule has 0 bridgehead atoms.